The zero-order valence-electron chi connectivity index (χ0n) is 14.3. The third kappa shape index (κ3) is 4.08. The van der Waals surface area contributed by atoms with Crippen molar-refractivity contribution in [2.75, 3.05) is 18.4 Å². The predicted molar refractivity (Wildman–Crippen MR) is 101 cm³/mol. The second-order valence-electron chi connectivity index (χ2n) is 6.30. The summed E-state index contributed by atoms with van der Waals surface area (Å²) >= 11 is 1.37. The van der Waals surface area contributed by atoms with Gasteiger partial charge < -0.3 is 16.0 Å². The van der Waals surface area contributed by atoms with Gasteiger partial charge in [-0.1, -0.05) is 19.1 Å². The molecule has 0 unspecified atom stereocenters. The third-order valence-corrected chi connectivity index (χ3v) is 5.40. The number of likely N-dealkylation sites (tertiary alicyclic amines) is 1. The molecule has 5 nitrogen and oxygen atoms in total. The topological polar surface area (TPSA) is 75.4 Å². The van der Waals surface area contributed by atoms with Crippen LogP contribution in [0.15, 0.2) is 35.7 Å². The largest absolute Gasteiger partial charge is 0.338 e. The summed E-state index contributed by atoms with van der Waals surface area (Å²) in [5.41, 5.74) is 8.24. The summed E-state index contributed by atoms with van der Waals surface area (Å²) in [5, 5.41) is 5.31. The van der Waals surface area contributed by atoms with Crippen LogP contribution in [0.25, 0.3) is 0 Å². The van der Waals surface area contributed by atoms with Gasteiger partial charge in [0.05, 0.1) is 5.56 Å². The molecule has 0 radical (unpaired) electrons. The fourth-order valence-electron chi connectivity index (χ4n) is 2.91. The van der Waals surface area contributed by atoms with E-state index in [4.69, 9.17) is 5.73 Å². The number of carbonyl (C=O) groups excluding carboxylic acids is 2. The Morgan fingerprint density at radius 3 is 2.52 bits per heavy atom. The van der Waals surface area contributed by atoms with E-state index in [9.17, 15) is 9.59 Å². The van der Waals surface area contributed by atoms with Crippen LogP contribution in [-0.4, -0.2) is 35.8 Å². The van der Waals surface area contributed by atoms with Crippen LogP contribution in [0.1, 0.15) is 46.0 Å². The van der Waals surface area contributed by atoms with Gasteiger partial charge in [0.2, 0.25) is 0 Å². The molecule has 0 bridgehead atoms. The van der Waals surface area contributed by atoms with Gasteiger partial charge in [0.25, 0.3) is 11.8 Å². The van der Waals surface area contributed by atoms with E-state index in [-0.39, 0.29) is 17.9 Å². The SMILES string of the molecule is CCc1ccc(C(=O)Nc2sccc2C(=O)N2CCC(N)CC2)cc1. The normalized spacial score (nSPS) is 15.2. The van der Waals surface area contributed by atoms with E-state index in [2.05, 4.69) is 12.2 Å². The lowest BCUT2D eigenvalue weighted by Crippen LogP contribution is -2.42. The number of thiophene rings is 1. The van der Waals surface area contributed by atoms with Crippen LogP contribution in [0, 0.1) is 0 Å². The molecule has 3 N–H and O–H groups in total. The molecule has 3 rings (SSSR count). The van der Waals surface area contributed by atoms with E-state index in [1.807, 2.05) is 34.5 Å². The zero-order valence-corrected chi connectivity index (χ0v) is 15.1. The Hall–Kier alpha value is -2.18. The highest BCUT2D eigenvalue weighted by Crippen LogP contribution is 2.26. The summed E-state index contributed by atoms with van der Waals surface area (Å²) in [4.78, 5) is 27.0. The van der Waals surface area contributed by atoms with Gasteiger partial charge in [-0.05, 0) is 48.4 Å². The third-order valence-electron chi connectivity index (χ3n) is 4.57. The van der Waals surface area contributed by atoms with Crippen LogP contribution < -0.4 is 11.1 Å². The summed E-state index contributed by atoms with van der Waals surface area (Å²) in [5.74, 6) is -0.232. The van der Waals surface area contributed by atoms with Gasteiger partial charge >= 0.3 is 0 Å². The lowest BCUT2D eigenvalue weighted by Gasteiger charge is -2.30. The van der Waals surface area contributed by atoms with Gasteiger partial charge in [-0.25, -0.2) is 0 Å². The quantitative estimate of drug-likeness (QED) is 0.883. The minimum absolute atomic E-state index is 0.0372. The van der Waals surface area contributed by atoms with Gasteiger partial charge in [0.1, 0.15) is 5.00 Å². The number of carbonyl (C=O) groups is 2. The maximum Gasteiger partial charge on any atom is 0.256 e. The minimum atomic E-state index is -0.195. The maximum atomic E-state index is 12.7. The van der Waals surface area contributed by atoms with E-state index in [1.54, 1.807) is 6.07 Å². The molecule has 0 atom stereocenters. The second kappa shape index (κ2) is 7.80. The van der Waals surface area contributed by atoms with Crippen molar-refractivity contribution in [3.63, 3.8) is 0 Å². The molecule has 132 valence electrons. The molecule has 0 aliphatic carbocycles. The van der Waals surface area contributed by atoms with Gasteiger partial charge in [-0.2, -0.15) is 0 Å². The Bertz CT molecular complexity index is 746. The molecule has 0 saturated carbocycles. The monoisotopic (exact) mass is 357 g/mol. The molecule has 1 aliphatic rings. The van der Waals surface area contributed by atoms with Crippen molar-refractivity contribution < 1.29 is 9.59 Å². The molecule has 0 spiro atoms. The molecule has 6 heteroatoms. The second-order valence-corrected chi connectivity index (χ2v) is 7.21. The zero-order chi connectivity index (χ0) is 17.8. The molecule has 2 heterocycles. The molecule has 1 fully saturated rings. The molecule has 1 saturated heterocycles. The fourth-order valence-corrected chi connectivity index (χ4v) is 3.69. The average Bonchev–Trinajstić information content (AvgIpc) is 3.10. The van der Waals surface area contributed by atoms with Crippen molar-refractivity contribution in [1.29, 1.82) is 0 Å². The number of nitrogens with zero attached hydrogens (tertiary/aromatic N) is 1. The minimum Gasteiger partial charge on any atom is -0.338 e. The first kappa shape index (κ1) is 17.6. The highest BCUT2D eigenvalue weighted by Gasteiger charge is 2.24. The number of piperidine rings is 1. The molecular weight excluding hydrogens is 334 g/mol. The first-order chi connectivity index (χ1) is 12.1. The highest BCUT2D eigenvalue weighted by atomic mass is 32.1. The first-order valence-electron chi connectivity index (χ1n) is 8.61. The Kier molecular flexibility index (Phi) is 5.50. The number of amides is 2. The van der Waals surface area contributed by atoms with E-state index in [0.29, 0.717) is 29.2 Å². The van der Waals surface area contributed by atoms with E-state index in [0.717, 1.165) is 19.3 Å². The van der Waals surface area contributed by atoms with Crippen molar-refractivity contribution in [3.05, 3.63) is 52.4 Å². The molecule has 2 aromatic rings. The molecule has 1 aliphatic heterocycles. The van der Waals surface area contributed by atoms with Crippen LogP contribution in [0.3, 0.4) is 0 Å². The Morgan fingerprint density at radius 2 is 1.88 bits per heavy atom. The first-order valence-corrected chi connectivity index (χ1v) is 9.49. The van der Waals surface area contributed by atoms with Crippen molar-refractivity contribution in [3.8, 4) is 0 Å². The summed E-state index contributed by atoms with van der Waals surface area (Å²) in [7, 11) is 0. The molecule has 1 aromatic heterocycles. The van der Waals surface area contributed by atoms with E-state index >= 15 is 0 Å². The van der Waals surface area contributed by atoms with Gasteiger partial charge in [-0.3, -0.25) is 9.59 Å². The number of hydrogen-bond donors (Lipinski definition) is 2. The summed E-state index contributed by atoms with van der Waals surface area (Å²) < 4.78 is 0. The van der Waals surface area contributed by atoms with Gasteiger partial charge in [-0.15, -0.1) is 11.3 Å². The predicted octanol–water partition coefficient (Wildman–Crippen LogP) is 3.13. The van der Waals surface area contributed by atoms with Crippen LogP contribution in [0.5, 0.6) is 0 Å². The Morgan fingerprint density at radius 1 is 1.20 bits per heavy atom. The van der Waals surface area contributed by atoms with Gasteiger partial charge in [0, 0.05) is 24.7 Å². The standard InChI is InChI=1S/C19H23N3O2S/c1-2-13-3-5-14(6-4-13)17(23)21-18-16(9-12-25-18)19(24)22-10-7-15(20)8-11-22/h3-6,9,12,15H,2,7-8,10-11,20H2,1H3,(H,21,23). The van der Waals surface area contributed by atoms with Crippen molar-refractivity contribution in [1.82, 2.24) is 4.90 Å². The van der Waals surface area contributed by atoms with Crippen LogP contribution in [0.4, 0.5) is 5.00 Å². The number of anilines is 1. The number of aryl methyl sites for hydroxylation is 1. The number of benzene rings is 1. The summed E-state index contributed by atoms with van der Waals surface area (Å²) in [6.45, 7) is 3.41. The van der Waals surface area contributed by atoms with Crippen LogP contribution in [0.2, 0.25) is 0 Å². The maximum absolute atomic E-state index is 12.7. The number of nitrogens with two attached hydrogens (primary N) is 1. The number of rotatable bonds is 4. The van der Waals surface area contributed by atoms with Crippen LogP contribution in [-0.2, 0) is 6.42 Å². The summed E-state index contributed by atoms with van der Waals surface area (Å²) in [6.07, 6.45) is 2.58. The smallest absolute Gasteiger partial charge is 0.256 e. The fraction of sp³-hybridized carbons (Fsp3) is 0.368. The molecule has 1 aromatic carbocycles. The van der Waals surface area contributed by atoms with E-state index < -0.39 is 0 Å². The number of nitrogens with one attached hydrogen (secondary N) is 1. The highest BCUT2D eigenvalue weighted by molar-refractivity contribution is 7.14. The lowest BCUT2D eigenvalue weighted by atomic mass is 10.1. The lowest BCUT2D eigenvalue weighted by molar-refractivity contribution is 0.0716. The van der Waals surface area contributed by atoms with Crippen LogP contribution >= 0.6 is 11.3 Å². The molecular formula is C19H23N3O2S. The average molecular weight is 357 g/mol. The Balaban J connectivity index is 1.70. The Labute approximate surface area is 151 Å². The molecule has 2 amide bonds. The van der Waals surface area contributed by atoms with Crippen molar-refractivity contribution >= 4 is 28.2 Å². The van der Waals surface area contributed by atoms with Crippen molar-refractivity contribution in [2.24, 2.45) is 5.73 Å². The summed E-state index contributed by atoms with van der Waals surface area (Å²) in [6, 6.07) is 9.48. The van der Waals surface area contributed by atoms with Gasteiger partial charge in [0.15, 0.2) is 0 Å². The number of hydrogen-bond acceptors (Lipinski definition) is 4. The van der Waals surface area contributed by atoms with E-state index in [1.165, 1.54) is 16.9 Å². The van der Waals surface area contributed by atoms with Crippen molar-refractivity contribution in [2.45, 2.75) is 32.2 Å². The molecule has 25 heavy (non-hydrogen) atoms.